The molecule has 0 bridgehead atoms. The highest BCUT2D eigenvalue weighted by Gasteiger charge is 2.29. The lowest BCUT2D eigenvalue weighted by atomic mass is 10.2. The van der Waals surface area contributed by atoms with E-state index in [0.29, 0.717) is 31.5 Å². The fraction of sp³-hybridized carbons (Fsp3) is 0.600. The number of nitrogens with two attached hydrogens (primary N) is 1. The van der Waals surface area contributed by atoms with Gasteiger partial charge in [0.1, 0.15) is 12.4 Å². The molecule has 0 radical (unpaired) electrons. The van der Waals surface area contributed by atoms with Crippen LogP contribution in [-0.2, 0) is 14.8 Å². The lowest BCUT2D eigenvalue weighted by Crippen LogP contribution is -2.38. The Morgan fingerprint density at radius 2 is 1.95 bits per heavy atom. The van der Waals surface area contributed by atoms with Crippen LogP contribution in [-0.4, -0.2) is 40.8 Å². The number of hydrogen-bond donors (Lipinski definition) is 2. The van der Waals surface area contributed by atoms with Gasteiger partial charge in [-0.2, -0.15) is 0 Å². The second kappa shape index (κ2) is 7.92. The van der Waals surface area contributed by atoms with Crippen molar-refractivity contribution in [2.75, 3.05) is 26.4 Å². The SMILES string of the molecule is CCOCCOc1ccc(S(=O)(=O)NCC(N)C2CC2)cc1. The second-order valence-corrected chi connectivity index (χ2v) is 7.14. The molecule has 0 spiro atoms. The zero-order valence-electron chi connectivity index (χ0n) is 12.8. The van der Waals surface area contributed by atoms with Crippen molar-refractivity contribution >= 4 is 10.0 Å². The van der Waals surface area contributed by atoms with Gasteiger partial charge in [-0.1, -0.05) is 0 Å². The van der Waals surface area contributed by atoms with E-state index in [1.165, 1.54) is 12.1 Å². The molecule has 0 saturated heterocycles. The van der Waals surface area contributed by atoms with Crippen molar-refractivity contribution in [2.45, 2.75) is 30.7 Å². The molecule has 1 unspecified atom stereocenters. The molecular weight excluding hydrogens is 304 g/mol. The van der Waals surface area contributed by atoms with Gasteiger partial charge in [-0.3, -0.25) is 0 Å². The molecule has 22 heavy (non-hydrogen) atoms. The molecule has 0 aliphatic heterocycles. The van der Waals surface area contributed by atoms with E-state index < -0.39 is 10.0 Å². The number of ether oxygens (including phenoxy) is 2. The van der Waals surface area contributed by atoms with Crippen LogP contribution in [0.2, 0.25) is 0 Å². The Morgan fingerprint density at radius 1 is 1.27 bits per heavy atom. The molecule has 1 fully saturated rings. The van der Waals surface area contributed by atoms with Crippen LogP contribution in [0.15, 0.2) is 29.2 Å². The van der Waals surface area contributed by atoms with Crippen molar-refractivity contribution in [1.29, 1.82) is 0 Å². The standard InChI is InChI=1S/C15H24N2O4S/c1-2-20-9-10-21-13-5-7-14(8-6-13)22(18,19)17-11-15(16)12-3-4-12/h5-8,12,15,17H,2-4,9-11,16H2,1H3. The molecule has 1 aromatic carbocycles. The second-order valence-electron chi connectivity index (χ2n) is 5.37. The van der Waals surface area contributed by atoms with E-state index in [1.807, 2.05) is 6.92 Å². The summed E-state index contributed by atoms with van der Waals surface area (Å²) in [6.07, 6.45) is 2.19. The van der Waals surface area contributed by atoms with Gasteiger partial charge in [-0.05, 0) is 49.9 Å². The molecule has 0 amide bonds. The van der Waals surface area contributed by atoms with Crippen LogP contribution in [0, 0.1) is 5.92 Å². The van der Waals surface area contributed by atoms with Gasteiger partial charge in [0.2, 0.25) is 10.0 Å². The predicted octanol–water partition coefficient (Wildman–Crippen LogP) is 1.12. The molecule has 1 aliphatic carbocycles. The topological polar surface area (TPSA) is 90.6 Å². The van der Waals surface area contributed by atoms with Gasteiger partial charge >= 0.3 is 0 Å². The van der Waals surface area contributed by atoms with Crippen molar-refractivity contribution in [3.63, 3.8) is 0 Å². The van der Waals surface area contributed by atoms with Crippen LogP contribution in [0.3, 0.4) is 0 Å². The Kier molecular flexibility index (Phi) is 6.19. The average molecular weight is 328 g/mol. The van der Waals surface area contributed by atoms with E-state index in [1.54, 1.807) is 12.1 Å². The summed E-state index contributed by atoms with van der Waals surface area (Å²) in [5.74, 6) is 1.08. The van der Waals surface area contributed by atoms with Crippen LogP contribution >= 0.6 is 0 Å². The fourth-order valence-electron chi connectivity index (χ4n) is 2.06. The van der Waals surface area contributed by atoms with Gasteiger partial charge in [-0.25, -0.2) is 13.1 Å². The van der Waals surface area contributed by atoms with Crippen LogP contribution in [0.25, 0.3) is 0 Å². The van der Waals surface area contributed by atoms with E-state index in [0.717, 1.165) is 12.8 Å². The normalized spacial score (nSPS) is 16.5. The monoisotopic (exact) mass is 328 g/mol. The number of nitrogens with one attached hydrogen (secondary N) is 1. The zero-order valence-corrected chi connectivity index (χ0v) is 13.6. The maximum Gasteiger partial charge on any atom is 0.240 e. The highest BCUT2D eigenvalue weighted by atomic mass is 32.2. The molecule has 2 rings (SSSR count). The summed E-state index contributed by atoms with van der Waals surface area (Å²) in [5, 5.41) is 0. The highest BCUT2D eigenvalue weighted by molar-refractivity contribution is 7.89. The highest BCUT2D eigenvalue weighted by Crippen LogP contribution is 2.31. The summed E-state index contributed by atoms with van der Waals surface area (Å²) in [5.41, 5.74) is 5.91. The molecule has 0 heterocycles. The van der Waals surface area contributed by atoms with Crippen molar-refractivity contribution in [3.8, 4) is 5.75 Å². The minimum atomic E-state index is -3.52. The Bertz CT molecular complexity index is 555. The van der Waals surface area contributed by atoms with E-state index in [-0.39, 0.29) is 17.5 Å². The third-order valence-corrected chi connectivity index (χ3v) is 5.01. The van der Waals surface area contributed by atoms with Gasteiger partial charge < -0.3 is 15.2 Å². The van der Waals surface area contributed by atoms with Crippen LogP contribution in [0.4, 0.5) is 0 Å². The van der Waals surface area contributed by atoms with Gasteiger partial charge in [-0.15, -0.1) is 0 Å². The summed E-state index contributed by atoms with van der Waals surface area (Å²) in [6, 6.07) is 6.24. The molecule has 1 aromatic rings. The molecule has 1 atom stereocenters. The number of sulfonamides is 1. The van der Waals surface area contributed by atoms with Gasteiger partial charge in [0.25, 0.3) is 0 Å². The van der Waals surface area contributed by atoms with Crippen LogP contribution in [0.5, 0.6) is 5.75 Å². The summed E-state index contributed by atoms with van der Waals surface area (Å²) in [7, 11) is -3.52. The summed E-state index contributed by atoms with van der Waals surface area (Å²) < 4.78 is 37.5. The van der Waals surface area contributed by atoms with Gasteiger partial charge in [0.15, 0.2) is 0 Å². The molecular formula is C15H24N2O4S. The average Bonchev–Trinajstić information content (AvgIpc) is 3.35. The van der Waals surface area contributed by atoms with Gasteiger partial charge in [0, 0.05) is 19.2 Å². The van der Waals surface area contributed by atoms with Crippen molar-refractivity contribution < 1.29 is 17.9 Å². The van der Waals surface area contributed by atoms with E-state index in [4.69, 9.17) is 15.2 Å². The fourth-order valence-corrected chi connectivity index (χ4v) is 3.13. The van der Waals surface area contributed by atoms with Crippen molar-refractivity contribution in [2.24, 2.45) is 11.7 Å². The maximum atomic E-state index is 12.2. The molecule has 0 aromatic heterocycles. The summed E-state index contributed by atoms with van der Waals surface area (Å²) in [6.45, 7) is 3.79. The minimum absolute atomic E-state index is 0.101. The Labute approximate surface area is 132 Å². The first-order valence-corrected chi connectivity index (χ1v) is 9.07. The largest absolute Gasteiger partial charge is 0.491 e. The number of rotatable bonds is 10. The van der Waals surface area contributed by atoms with Crippen LogP contribution < -0.4 is 15.2 Å². The Hall–Kier alpha value is -1.15. The predicted molar refractivity (Wildman–Crippen MR) is 84.3 cm³/mol. The third-order valence-electron chi connectivity index (χ3n) is 3.57. The lowest BCUT2D eigenvalue weighted by Gasteiger charge is -2.12. The Morgan fingerprint density at radius 3 is 2.55 bits per heavy atom. The van der Waals surface area contributed by atoms with Crippen molar-refractivity contribution in [1.82, 2.24) is 4.72 Å². The minimum Gasteiger partial charge on any atom is -0.491 e. The van der Waals surface area contributed by atoms with Gasteiger partial charge in [0.05, 0.1) is 11.5 Å². The van der Waals surface area contributed by atoms with Crippen molar-refractivity contribution in [3.05, 3.63) is 24.3 Å². The summed E-state index contributed by atoms with van der Waals surface area (Å²) >= 11 is 0. The molecule has 7 heteroatoms. The first kappa shape index (κ1) is 17.2. The number of hydrogen-bond acceptors (Lipinski definition) is 5. The summed E-state index contributed by atoms with van der Waals surface area (Å²) in [4.78, 5) is 0.215. The number of benzene rings is 1. The Balaban J connectivity index is 1.84. The first-order chi connectivity index (χ1) is 10.5. The quantitative estimate of drug-likeness (QED) is 0.628. The zero-order chi connectivity index (χ0) is 16.0. The lowest BCUT2D eigenvalue weighted by molar-refractivity contribution is 0.110. The molecule has 3 N–H and O–H groups in total. The molecule has 124 valence electrons. The van der Waals surface area contributed by atoms with E-state index >= 15 is 0 Å². The first-order valence-electron chi connectivity index (χ1n) is 7.59. The van der Waals surface area contributed by atoms with Crippen LogP contribution in [0.1, 0.15) is 19.8 Å². The van der Waals surface area contributed by atoms with E-state index in [9.17, 15) is 8.42 Å². The molecule has 1 saturated carbocycles. The smallest absolute Gasteiger partial charge is 0.240 e. The molecule has 6 nitrogen and oxygen atoms in total. The maximum absolute atomic E-state index is 12.2. The molecule has 1 aliphatic rings. The third kappa shape index (κ3) is 5.24. The van der Waals surface area contributed by atoms with E-state index in [2.05, 4.69) is 4.72 Å².